The van der Waals surface area contributed by atoms with Gasteiger partial charge in [0.05, 0.1) is 19.3 Å². The monoisotopic (exact) mass is 285 g/mol. The highest BCUT2D eigenvalue weighted by Crippen LogP contribution is 2.25. The van der Waals surface area contributed by atoms with E-state index in [4.69, 9.17) is 4.74 Å². The first kappa shape index (κ1) is 14.2. The third-order valence-electron chi connectivity index (χ3n) is 3.91. The van der Waals surface area contributed by atoms with Crippen molar-refractivity contribution >= 4 is 0 Å². The Morgan fingerprint density at radius 2 is 1.95 bits per heavy atom. The maximum Gasteiger partial charge on any atom is 0.123 e. The number of ether oxygens (including phenoxy) is 1. The summed E-state index contributed by atoms with van der Waals surface area (Å²) in [5.41, 5.74) is 3.73. The Hall–Kier alpha value is -1.71. The Morgan fingerprint density at radius 1 is 1.19 bits per heavy atom. The molecule has 3 heteroatoms. The molecular weight excluding hydrogens is 265 g/mol. The van der Waals surface area contributed by atoms with Crippen LogP contribution in [0.3, 0.4) is 0 Å². The number of halogens is 1. The van der Waals surface area contributed by atoms with Gasteiger partial charge in [0.1, 0.15) is 5.82 Å². The number of benzene rings is 2. The molecule has 0 amide bonds. The maximum absolute atomic E-state index is 12.9. The zero-order valence-corrected chi connectivity index (χ0v) is 12.2. The van der Waals surface area contributed by atoms with Gasteiger partial charge in [-0.05, 0) is 42.2 Å². The molecule has 0 saturated carbocycles. The second-order valence-corrected chi connectivity index (χ2v) is 5.66. The van der Waals surface area contributed by atoms with Crippen molar-refractivity contribution in [2.75, 3.05) is 6.61 Å². The predicted octanol–water partition coefficient (Wildman–Crippen LogP) is 3.62. The molecule has 0 saturated heterocycles. The minimum absolute atomic E-state index is 0.186. The summed E-state index contributed by atoms with van der Waals surface area (Å²) in [5.74, 6) is -0.186. The van der Waals surface area contributed by atoms with Crippen LogP contribution >= 0.6 is 0 Å². The molecular formula is C18H20FNO. The van der Waals surface area contributed by atoms with Crippen LogP contribution < -0.4 is 5.32 Å². The molecule has 1 aliphatic heterocycles. The van der Waals surface area contributed by atoms with E-state index in [0.717, 1.165) is 12.0 Å². The SMILES string of the molecule is CC(Cc1ccc(F)cc1)NC1COCc2ccccc21. The van der Waals surface area contributed by atoms with Crippen LogP contribution in [0.2, 0.25) is 0 Å². The summed E-state index contributed by atoms with van der Waals surface area (Å²) in [6.45, 7) is 3.55. The van der Waals surface area contributed by atoms with Crippen molar-refractivity contribution in [3.8, 4) is 0 Å². The van der Waals surface area contributed by atoms with Gasteiger partial charge in [-0.15, -0.1) is 0 Å². The van der Waals surface area contributed by atoms with Crippen LogP contribution in [0.4, 0.5) is 4.39 Å². The lowest BCUT2D eigenvalue weighted by atomic mass is 9.97. The van der Waals surface area contributed by atoms with Gasteiger partial charge in [0.15, 0.2) is 0 Å². The molecule has 3 rings (SSSR count). The second kappa shape index (κ2) is 6.37. The van der Waals surface area contributed by atoms with Crippen LogP contribution in [-0.2, 0) is 17.8 Å². The Morgan fingerprint density at radius 3 is 2.76 bits per heavy atom. The van der Waals surface area contributed by atoms with E-state index in [-0.39, 0.29) is 11.9 Å². The molecule has 21 heavy (non-hydrogen) atoms. The molecule has 1 heterocycles. The summed E-state index contributed by atoms with van der Waals surface area (Å²) in [5, 5.41) is 3.62. The van der Waals surface area contributed by atoms with Crippen LogP contribution in [-0.4, -0.2) is 12.6 Å². The van der Waals surface area contributed by atoms with Crippen LogP contribution in [0.15, 0.2) is 48.5 Å². The summed E-state index contributed by atoms with van der Waals surface area (Å²) in [6.07, 6.45) is 0.874. The molecule has 2 aromatic rings. The first-order valence-corrected chi connectivity index (χ1v) is 7.38. The molecule has 0 fully saturated rings. The number of rotatable bonds is 4. The fraction of sp³-hybridized carbons (Fsp3) is 0.333. The highest BCUT2D eigenvalue weighted by molar-refractivity contribution is 5.31. The van der Waals surface area contributed by atoms with Gasteiger partial charge < -0.3 is 10.1 Å². The molecule has 1 aliphatic rings. The average Bonchev–Trinajstić information content (AvgIpc) is 2.50. The van der Waals surface area contributed by atoms with E-state index in [1.54, 1.807) is 0 Å². The third kappa shape index (κ3) is 3.49. The van der Waals surface area contributed by atoms with Crippen molar-refractivity contribution in [2.45, 2.75) is 32.0 Å². The molecule has 0 aliphatic carbocycles. The third-order valence-corrected chi connectivity index (χ3v) is 3.91. The fourth-order valence-electron chi connectivity index (χ4n) is 2.90. The molecule has 1 N–H and O–H groups in total. The van der Waals surface area contributed by atoms with Crippen molar-refractivity contribution in [2.24, 2.45) is 0 Å². The fourth-order valence-corrected chi connectivity index (χ4v) is 2.90. The smallest absolute Gasteiger partial charge is 0.123 e. The van der Waals surface area contributed by atoms with E-state index in [1.807, 2.05) is 18.2 Å². The molecule has 2 atom stereocenters. The van der Waals surface area contributed by atoms with Gasteiger partial charge in [-0.25, -0.2) is 4.39 Å². The molecule has 0 aromatic heterocycles. The summed E-state index contributed by atoms with van der Waals surface area (Å²) in [6, 6.07) is 15.7. The van der Waals surface area contributed by atoms with E-state index >= 15 is 0 Å². The van der Waals surface area contributed by atoms with E-state index in [0.29, 0.717) is 19.3 Å². The highest BCUT2D eigenvalue weighted by Gasteiger charge is 2.21. The molecule has 110 valence electrons. The number of hydrogen-bond donors (Lipinski definition) is 1. The van der Waals surface area contributed by atoms with E-state index in [9.17, 15) is 4.39 Å². The largest absolute Gasteiger partial charge is 0.375 e. The molecule has 2 unspecified atom stereocenters. The summed E-state index contributed by atoms with van der Waals surface area (Å²) in [4.78, 5) is 0. The zero-order chi connectivity index (χ0) is 14.7. The van der Waals surface area contributed by atoms with Gasteiger partial charge in [-0.3, -0.25) is 0 Å². The summed E-state index contributed by atoms with van der Waals surface area (Å²) < 4.78 is 18.6. The van der Waals surface area contributed by atoms with Gasteiger partial charge in [0, 0.05) is 6.04 Å². The van der Waals surface area contributed by atoms with Gasteiger partial charge in [-0.1, -0.05) is 36.4 Å². The lowest BCUT2D eigenvalue weighted by molar-refractivity contribution is 0.0791. The van der Waals surface area contributed by atoms with Gasteiger partial charge in [-0.2, -0.15) is 0 Å². The van der Waals surface area contributed by atoms with E-state index in [1.165, 1.54) is 23.3 Å². The first-order chi connectivity index (χ1) is 10.2. The summed E-state index contributed by atoms with van der Waals surface area (Å²) >= 11 is 0. The lowest BCUT2D eigenvalue weighted by Gasteiger charge is -2.29. The quantitative estimate of drug-likeness (QED) is 0.926. The molecule has 0 radical (unpaired) electrons. The number of hydrogen-bond acceptors (Lipinski definition) is 2. The molecule has 0 bridgehead atoms. The van der Waals surface area contributed by atoms with Gasteiger partial charge >= 0.3 is 0 Å². The van der Waals surface area contributed by atoms with Crippen LogP contribution in [0, 0.1) is 5.82 Å². The second-order valence-electron chi connectivity index (χ2n) is 5.66. The van der Waals surface area contributed by atoms with Crippen molar-refractivity contribution < 1.29 is 9.13 Å². The van der Waals surface area contributed by atoms with Crippen molar-refractivity contribution in [1.82, 2.24) is 5.32 Å². The minimum Gasteiger partial charge on any atom is -0.375 e. The van der Waals surface area contributed by atoms with Crippen LogP contribution in [0.1, 0.15) is 29.7 Å². The standard InChI is InChI=1S/C18H20FNO/c1-13(10-14-6-8-16(19)9-7-14)20-18-12-21-11-15-4-2-3-5-17(15)18/h2-9,13,18,20H,10-12H2,1H3. The topological polar surface area (TPSA) is 21.3 Å². The Balaban J connectivity index is 1.65. The number of nitrogens with one attached hydrogen (secondary N) is 1. The normalized spacial score (nSPS) is 19.0. The number of fused-ring (bicyclic) bond motifs is 1. The highest BCUT2D eigenvalue weighted by atomic mass is 19.1. The summed E-state index contributed by atoms with van der Waals surface area (Å²) in [7, 11) is 0. The zero-order valence-electron chi connectivity index (χ0n) is 12.2. The minimum atomic E-state index is -0.186. The average molecular weight is 285 g/mol. The van der Waals surface area contributed by atoms with E-state index in [2.05, 4.69) is 30.4 Å². The van der Waals surface area contributed by atoms with Gasteiger partial charge in [0.2, 0.25) is 0 Å². The first-order valence-electron chi connectivity index (χ1n) is 7.38. The van der Waals surface area contributed by atoms with Crippen molar-refractivity contribution in [1.29, 1.82) is 0 Å². The van der Waals surface area contributed by atoms with Crippen molar-refractivity contribution in [3.05, 3.63) is 71.0 Å². The maximum atomic E-state index is 12.9. The van der Waals surface area contributed by atoms with E-state index < -0.39 is 0 Å². The van der Waals surface area contributed by atoms with Crippen LogP contribution in [0.5, 0.6) is 0 Å². The molecule has 2 aromatic carbocycles. The Kier molecular flexibility index (Phi) is 4.32. The molecule has 2 nitrogen and oxygen atoms in total. The van der Waals surface area contributed by atoms with Crippen molar-refractivity contribution in [3.63, 3.8) is 0 Å². The van der Waals surface area contributed by atoms with Gasteiger partial charge in [0.25, 0.3) is 0 Å². The molecule has 0 spiro atoms. The lowest BCUT2D eigenvalue weighted by Crippen LogP contribution is -2.36. The van der Waals surface area contributed by atoms with Crippen LogP contribution in [0.25, 0.3) is 0 Å². The Bertz CT molecular complexity index is 596. The Labute approximate surface area is 125 Å². The predicted molar refractivity (Wildman–Crippen MR) is 81.5 cm³/mol.